The fraction of sp³-hybridized carbons (Fsp3) is 0.433. The first kappa shape index (κ1) is 25.6. The summed E-state index contributed by atoms with van der Waals surface area (Å²) in [5.41, 5.74) is 3.00. The summed E-state index contributed by atoms with van der Waals surface area (Å²) >= 11 is 0. The summed E-state index contributed by atoms with van der Waals surface area (Å²) in [5, 5.41) is 3.40. The molecule has 0 radical (unpaired) electrons. The first-order valence-corrected chi connectivity index (χ1v) is 13.7. The van der Waals surface area contributed by atoms with Crippen molar-refractivity contribution in [1.29, 1.82) is 0 Å². The molecule has 1 aromatic heterocycles. The summed E-state index contributed by atoms with van der Waals surface area (Å²) < 4.78 is 26.8. The largest absolute Gasteiger partial charge is 0.490 e. The summed E-state index contributed by atoms with van der Waals surface area (Å²) in [6, 6.07) is 10.3. The van der Waals surface area contributed by atoms with Gasteiger partial charge < -0.3 is 24.6 Å². The van der Waals surface area contributed by atoms with Crippen molar-refractivity contribution in [3.8, 4) is 17.2 Å². The van der Waals surface area contributed by atoms with Crippen molar-refractivity contribution in [2.45, 2.75) is 58.8 Å². The predicted octanol–water partition coefficient (Wildman–Crippen LogP) is 4.93. The van der Waals surface area contributed by atoms with Crippen LogP contribution in [0.2, 0.25) is 0 Å². The SMILES string of the molecule is CCN(C(=O)c1cc(F)ccc1Oc1cncnc1N1CC2(CC(Oc3cccc4c3CNC4)C2)C1)C(C)C. The molecule has 6 rings (SSSR count). The zero-order valence-electron chi connectivity index (χ0n) is 22.6. The number of halogens is 1. The number of rotatable bonds is 8. The van der Waals surface area contributed by atoms with Crippen LogP contribution in [0.3, 0.4) is 0 Å². The van der Waals surface area contributed by atoms with Gasteiger partial charge in [-0.1, -0.05) is 12.1 Å². The highest BCUT2D eigenvalue weighted by molar-refractivity contribution is 5.97. The molecule has 1 saturated heterocycles. The topological polar surface area (TPSA) is 79.8 Å². The normalized spacial score (nSPS) is 17.5. The lowest BCUT2D eigenvalue weighted by Crippen LogP contribution is -2.65. The second kappa shape index (κ2) is 10.1. The molecule has 1 aliphatic carbocycles. The van der Waals surface area contributed by atoms with Crippen LogP contribution in [0.4, 0.5) is 10.2 Å². The molecule has 1 saturated carbocycles. The second-order valence-corrected chi connectivity index (χ2v) is 11.1. The highest BCUT2D eigenvalue weighted by atomic mass is 19.1. The lowest BCUT2D eigenvalue weighted by atomic mass is 9.61. The minimum Gasteiger partial charge on any atom is -0.490 e. The number of anilines is 1. The fourth-order valence-electron chi connectivity index (χ4n) is 6.15. The van der Waals surface area contributed by atoms with E-state index in [2.05, 4.69) is 38.4 Å². The fourth-order valence-corrected chi connectivity index (χ4v) is 6.15. The Morgan fingerprint density at radius 1 is 1.18 bits per heavy atom. The number of ether oxygens (including phenoxy) is 2. The average molecular weight is 532 g/mol. The van der Waals surface area contributed by atoms with Crippen molar-refractivity contribution in [3.63, 3.8) is 0 Å². The Labute approximate surface area is 228 Å². The van der Waals surface area contributed by atoms with Gasteiger partial charge in [-0.05, 0) is 63.4 Å². The van der Waals surface area contributed by atoms with Crippen LogP contribution in [-0.2, 0) is 13.1 Å². The third-order valence-electron chi connectivity index (χ3n) is 8.09. The number of nitrogens with one attached hydrogen (secondary N) is 1. The zero-order chi connectivity index (χ0) is 27.1. The van der Waals surface area contributed by atoms with Gasteiger partial charge in [0.2, 0.25) is 0 Å². The highest BCUT2D eigenvalue weighted by Crippen LogP contribution is 2.52. The maximum Gasteiger partial charge on any atom is 0.257 e. The number of carbonyl (C=O) groups excluding carboxylic acids is 1. The number of benzene rings is 2. The van der Waals surface area contributed by atoms with Crippen LogP contribution in [0.5, 0.6) is 17.2 Å². The summed E-state index contributed by atoms with van der Waals surface area (Å²) in [5.74, 6) is 1.64. The lowest BCUT2D eigenvalue weighted by Gasteiger charge is -2.59. The molecule has 0 unspecified atom stereocenters. The molecule has 39 heavy (non-hydrogen) atoms. The molecule has 204 valence electrons. The monoisotopic (exact) mass is 531 g/mol. The van der Waals surface area contributed by atoms with Gasteiger partial charge in [0.15, 0.2) is 11.6 Å². The quantitative estimate of drug-likeness (QED) is 0.442. The molecule has 3 aromatic rings. The van der Waals surface area contributed by atoms with Crippen molar-refractivity contribution >= 4 is 11.7 Å². The highest BCUT2D eigenvalue weighted by Gasteiger charge is 2.54. The van der Waals surface area contributed by atoms with E-state index in [0.29, 0.717) is 18.1 Å². The van der Waals surface area contributed by atoms with E-state index in [0.717, 1.165) is 44.8 Å². The first-order valence-electron chi connectivity index (χ1n) is 13.7. The maximum atomic E-state index is 14.2. The van der Waals surface area contributed by atoms with Crippen molar-refractivity contribution in [1.82, 2.24) is 20.2 Å². The molecule has 1 amide bonds. The number of amides is 1. The number of fused-ring (bicyclic) bond motifs is 1. The van der Waals surface area contributed by atoms with Crippen LogP contribution in [-0.4, -0.2) is 52.6 Å². The van der Waals surface area contributed by atoms with E-state index in [4.69, 9.17) is 9.47 Å². The molecule has 8 nitrogen and oxygen atoms in total. The molecule has 0 atom stereocenters. The van der Waals surface area contributed by atoms with E-state index in [1.54, 1.807) is 11.1 Å². The van der Waals surface area contributed by atoms with Gasteiger partial charge in [-0.25, -0.2) is 14.4 Å². The summed E-state index contributed by atoms with van der Waals surface area (Å²) in [6.07, 6.45) is 5.32. The van der Waals surface area contributed by atoms with E-state index in [1.807, 2.05) is 20.8 Å². The molecule has 9 heteroatoms. The second-order valence-electron chi connectivity index (χ2n) is 11.1. The Balaban J connectivity index is 1.13. The minimum atomic E-state index is -0.488. The average Bonchev–Trinajstić information content (AvgIpc) is 3.36. The van der Waals surface area contributed by atoms with Crippen molar-refractivity contribution in [3.05, 3.63) is 71.4 Å². The van der Waals surface area contributed by atoms with Gasteiger partial charge in [-0.15, -0.1) is 0 Å². The summed E-state index contributed by atoms with van der Waals surface area (Å²) in [6.45, 7) is 9.75. The molecule has 1 spiro atoms. The Hall–Kier alpha value is -3.72. The minimum absolute atomic E-state index is 0.0266. The number of carbonyl (C=O) groups is 1. The van der Waals surface area contributed by atoms with Crippen molar-refractivity contribution in [2.75, 3.05) is 24.5 Å². The van der Waals surface area contributed by atoms with E-state index < -0.39 is 5.82 Å². The van der Waals surface area contributed by atoms with E-state index in [9.17, 15) is 9.18 Å². The molecular formula is C30H34FN5O3. The summed E-state index contributed by atoms with van der Waals surface area (Å²) in [7, 11) is 0. The molecular weight excluding hydrogens is 497 g/mol. The molecule has 2 fully saturated rings. The number of nitrogens with zero attached hydrogens (tertiary/aromatic N) is 4. The maximum absolute atomic E-state index is 14.2. The van der Waals surface area contributed by atoms with Crippen LogP contribution >= 0.6 is 0 Å². The van der Waals surface area contributed by atoms with Crippen LogP contribution in [0.1, 0.15) is 55.1 Å². The van der Waals surface area contributed by atoms with Gasteiger partial charge in [0, 0.05) is 49.7 Å². The Kier molecular flexibility index (Phi) is 6.62. The van der Waals surface area contributed by atoms with Crippen molar-refractivity contribution < 1.29 is 18.7 Å². The van der Waals surface area contributed by atoms with E-state index in [-0.39, 0.29) is 34.8 Å². The van der Waals surface area contributed by atoms with Crippen LogP contribution in [0.15, 0.2) is 48.9 Å². The predicted molar refractivity (Wildman–Crippen MR) is 146 cm³/mol. The van der Waals surface area contributed by atoms with Crippen LogP contribution in [0, 0.1) is 11.2 Å². The third-order valence-corrected chi connectivity index (χ3v) is 8.09. The van der Waals surface area contributed by atoms with Gasteiger partial charge in [0.1, 0.15) is 29.7 Å². The van der Waals surface area contributed by atoms with Gasteiger partial charge >= 0.3 is 0 Å². The molecule has 2 aromatic carbocycles. The molecule has 2 aliphatic heterocycles. The van der Waals surface area contributed by atoms with E-state index >= 15 is 0 Å². The Bertz CT molecular complexity index is 1380. The Morgan fingerprint density at radius 3 is 2.77 bits per heavy atom. The Morgan fingerprint density at radius 2 is 2.00 bits per heavy atom. The molecule has 3 aliphatic rings. The van der Waals surface area contributed by atoms with Crippen LogP contribution in [0.25, 0.3) is 0 Å². The van der Waals surface area contributed by atoms with Crippen LogP contribution < -0.4 is 19.7 Å². The lowest BCUT2D eigenvalue weighted by molar-refractivity contribution is -0.0348. The van der Waals surface area contributed by atoms with Gasteiger partial charge in [0.25, 0.3) is 5.91 Å². The first-order chi connectivity index (χ1) is 18.9. The third kappa shape index (κ3) is 4.80. The molecule has 1 N–H and O–H groups in total. The molecule has 3 heterocycles. The van der Waals surface area contributed by atoms with Gasteiger partial charge in [-0.2, -0.15) is 0 Å². The smallest absolute Gasteiger partial charge is 0.257 e. The number of hydrogen-bond acceptors (Lipinski definition) is 7. The standard InChI is InChI=1S/C30H34FN5O3/c1-4-36(19(2)3)29(37)23-10-21(31)8-9-26(23)39-27-15-33-18-34-28(27)35-16-30(17-35)11-22(12-30)38-25-7-5-6-20-13-32-14-24(20)25/h5-10,15,18-19,22,32H,4,11-14,16-17H2,1-3H3. The van der Waals surface area contributed by atoms with Gasteiger partial charge in [-0.3, -0.25) is 4.79 Å². The van der Waals surface area contributed by atoms with E-state index in [1.165, 1.54) is 35.7 Å². The summed E-state index contributed by atoms with van der Waals surface area (Å²) in [4.78, 5) is 25.8. The van der Waals surface area contributed by atoms with Crippen molar-refractivity contribution in [2.24, 2.45) is 5.41 Å². The zero-order valence-corrected chi connectivity index (χ0v) is 22.6. The van der Waals surface area contributed by atoms with Gasteiger partial charge in [0.05, 0.1) is 11.8 Å². The number of hydrogen-bond donors (Lipinski definition) is 1. The molecule has 0 bridgehead atoms. The number of aromatic nitrogens is 2.